The molecule has 12 heteroatoms. The van der Waals surface area contributed by atoms with E-state index < -0.39 is 17.2 Å². The number of hydrogen-bond donors (Lipinski definition) is 2. The average Bonchev–Trinajstić information content (AvgIpc) is 3.85. The van der Waals surface area contributed by atoms with E-state index in [-0.39, 0.29) is 36.2 Å². The highest BCUT2D eigenvalue weighted by molar-refractivity contribution is 6.04. The number of anilines is 1. The number of carbonyl (C=O) groups excluding carboxylic acids is 2. The van der Waals surface area contributed by atoms with Crippen LogP contribution in [0.5, 0.6) is 5.88 Å². The molecule has 1 aliphatic carbocycles. The molecule has 2 aromatic heterocycles. The molecule has 2 amide bonds. The SMILES string of the molecule is COCCn1cc(C(=O)Nc2cccc(-c3cccc(-c4cc5c(c(OC)n4)C(N4CC[C@]6(CCC(=O)N6)C4)CC5)c3C)c2C)c(=O)n(C)c1=O. The first-order chi connectivity index (χ1) is 24.5. The van der Waals surface area contributed by atoms with Crippen LogP contribution in [0, 0.1) is 13.8 Å². The van der Waals surface area contributed by atoms with E-state index in [0.29, 0.717) is 18.0 Å². The number of pyridine rings is 1. The molecule has 2 atom stereocenters. The Kier molecular flexibility index (Phi) is 9.15. The van der Waals surface area contributed by atoms with Crippen LogP contribution in [-0.4, -0.2) is 70.3 Å². The van der Waals surface area contributed by atoms with Crippen LogP contribution in [0.2, 0.25) is 0 Å². The van der Waals surface area contributed by atoms with Crippen LogP contribution < -0.4 is 26.6 Å². The van der Waals surface area contributed by atoms with E-state index in [4.69, 9.17) is 14.5 Å². The smallest absolute Gasteiger partial charge is 0.330 e. The summed E-state index contributed by atoms with van der Waals surface area (Å²) in [4.78, 5) is 58.6. The summed E-state index contributed by atoms with van der Waals surface area (Å²) in [5, 5.41) is 6.16. The largest absolute Gasteiger partial charge is 0.481 e. The summed E-state index contributed by atoms with van der Waals surface area (Å²) in [6.45, 7) is 6.27. The van der Waals surface area contributed by atoms with Gasteiger partial charge in [-0.15, -0.1) is 0 Å². The van der Waals surface area contributed by atoms with E-state index >= 15 is 0 Å². The zero-order valence-electron chi connectivity index (χ0n) is 29.8. The van der Waals surface area contributed by atoms with Gasteiger partial charge in [-0.3, -0.25) is 28.4 Å². The molecule has 2 fully saturated rings. The standard InChI is InChI=1S/C39H44N6O6/c1-23-26(27-9-7-11-30(24(27)2)40-35(47)29-21-44(18-19-50-4)38(49)43(3)37(29)48)8-6-10-28(23)31-20-25-12-13-32(34(25)36(41-31)51-5)45-17-16-39(22-45)15-14-33(46)42-39/h6-11,20-21,32H,12-19,22H2,1-5H3,(H,40,47)(H,42,46)/t32?,39-/m1/s1. The first kappa shape index (κ1) is 34.4. The lowest BCUT2D eigenvalue weighted by Crippen LogP contribution is -2.44. The van der Waals surface area contributed by atoms with E-state index in [2.05, 4.69) is 40.7 Å². The summed E-state index contributed by atoms with van der Waals surface area (Å²) in [6.07, 6.45) is 5.67. The van der Waals surface area contributed by atoms with Gasteiger partial charge < -0.3 is 20.1 Å². The summed E-state index contributed by atoms with van der Waals surface area (Å²) in [6, 6.07) is 14.2. The highest BCUT2D eigenvalue weighted by atomic mass is 16.5. The molecule has 0 radical (unpaired) electrons. The van der Waals surface area contributed by atoms with Gasteiger partial charge in [0.25, 0.3) is 11.5 Å². The fourth-order valence-corrected chi connectivity index (χ4v) is 8.18. The van der Waals surface area contributed by atoms with Crippen molar-refractivity contribution in [3.63, 3.8) is 0 Å². The van der Waals surface area contributed by atoms with Crippen molar-refractivity contribution in [3.05, 3.63) is 97.3 Å². The van der Waals surface area contributed by atoms with Crippen LogP contribution in [0.15, 0.2) is 58.3 Å². The summed E-state index contributed by atoms with van der Waals surface area (Å²) in [5.74, 6) is 0.201. The molecule has 4 aromatic rings. The van der Waals surface area contributed by atoms with Gasteiger partial charge in [-0.2, -0.15) is 0 Å². The van der Waals surface area contributed by atoms with E-state index in [9.17, 15) is 19.2 Å². The van der Waals surface area contributed by atoms with Gasteiger partial charge in [0.1, 0.15) is 5.56 Å². The van der Waals surface area contributed by atoms with Crippen LogP contribution >= 0.6 is 0 Å². The quantitative estimate of drug-likeness (QED) is 0.267. The summed E-state index contributed by atoms with van der Waals surface area (Å²) < 4.78 is 13.3. The second kappa shape index (κ2) is 13.6. The van der Waals surface area contributed by atoms with Crippen LogP contribution in [0.4, 0.5) is 5.69 Å². The predicted octanol–water partition coefficient (Wildman–Crippen LogP) is 4.14. The minimum absolute atomic E-state index is 0.108. The van der Waals surface area contributed by atoms with Gasteiger partial charge in [-0.1, -0.05) is 30.3 Å². The number of nitrogens with one attached hydrogen (secondary N) is 2. The van der Waals surface area contributed by atoms with Gasteiger partial charge in [-0.05, 0) is 79.5 Å². The summed E-state index contributed by atoms with van der Waals surface area (Å²) in [5.41, 5.74) is 7.14. The second-order valence-corrected chi connectivity index (χ2v) is 14.0. The third kappa shape index (κ3) is 6.16. The number of carbonyl (C=O) groups is 2. The summed E-state index contributed by atoms with van der Waals surface area (Å²) in [7, 11) is 4.56. The van der Waals surface area contributed by atoms with E-state index in [0.717, 1.165) is 82.4 Å². The van der Waals surface area contributed by atoms with Crippen LogP contribution in [0.25, 0.3) is 22.4 Å². The molecule has 7 rings (SSSR count). The lowest BCUT2D eigenvalue weighted by molar-refractivity contribution is -0.119. The Bertz CT molecular complexity index is 2170. The lowest BCUT2D eigenvalue weighted by Gasteiger charge is -2.28. The predicted molar refractivity (Wildman–Crippen MR) is 194 cm³/mol. The van der Waals surface area contributed by atoms with E-state index in [1.807, 2.05) is 25.1 Å². The number of nitrogens with zero attached hydrogens (tertiary/aromatic N) is 4. The number of hydrogen-bond acceptors (Lipinski definition) is 8. The number of methoxy groups -OCH3 is 2. The number of ether oxygens (including phenoxy) is 2. The molecule has 3 aliphatic rings. The van der Waals surface area contributed by atoms with Crippen molar-refractivity contribution < 1.29 is 19.1 Å². The molecule has 1 unspecified atom stereocenters. The van der Waals surface area contributed by atoms with Gasteiger partial charge in [0, 0.05) is 62.7 Å². The lowest BCUT2D eigenvalue weighted by atomic mass is 9.91. The molecular formula is C39H44N6O6. The minimum Gasteiger partial charge on any atom is -0.481 e. The van der Waals surface area contributed by atoms with Crippen molar-refractivity contribution in [3.8, 4) is 28.3 Å². The molecule has 2 N–H and O–H groups in total. The Morgan fingerprint density at radius 2 is 1.76 bits per heavy atom. The minimum atomic E-state index is -0.668. The van der Waals surface area contributed by atoms with Gasteiger partial charge in [0.15, 0.2) is 0 Å². The van der Waals surface area contributed by atoms with Crippen molar-refractivity contribution in [1.29, 1.82) is 0 Å². The molecule has 12 nitrogen and oxygen atoms in total. The number of rotatable bonds is 9. The number of benzene rings is 2. The van der Waals surface area contributed by atoms with Gasteiger partial charge >= 0.3 is 5.69 Å². The van der Waals surface area contributed by atoms with Crippen molar-refractivity contribution in [2.75, 3.05) is 39.2 Å². The van der Waals surface area contributed by atoms with Crippen molar-refractivity contribution >= 4 is 17.5 Å². The van der Waals surface area contributed by atoms with Crippen molar-refractivity contribution in [2.24, 2.45) is 7.05 Å². The highest BCUT2D eigenvalue weighted by Crippen LogP contribution is 2.46. The zero-order chi connectivity index (χ0) is 36.0. The fraction of sp³-hybridized carbons (Fsp3) is 0.410. The molecule has 51 heavy (non-hydrogen) atoms. The van der Waals surface area contributed by atoms with Gasteiger partial charge in [0.05, 0.1) is 31.5 Å². The Balaban J connectivity index is 1.17. The molecule has 2 saturated heterocycles. The van der Waals surface area contributed by atoms with Gasteiger partial charge in [-0.25, -0.2) is 9.78 Å². The molecule has 2 aliphatic heterocycles. The maximum absolute atomic E-state index is 13.5. The number of aromatic nitrogens is 3. The third-order valence-electron chi connectivity index (χ3n) is 11.0. The molecular weight excluding hydrogens is 648 g/mol. The summed E-state index contributed by atoms with van der Waals surface area (Å²) >= 11 is 0. The fourth-order valence-electron chi connectivity index (χ4n) is 8.18. The average molecular weight is 693 g/mol. The Hall–Kier alpha value is -5.07. The number of amides is 2. The Morgan fingerprint density at radius 3 is 2.49 bits per heavy atom. The number of likely N-dealkylation sites (tertiary alicyclic amines) is 1. The van der Waals surface area contributed by atoms with Crippen LogP contribution in [0.3, 0.4) is 0 Å². The van der Waals surface area contributed by atoms with Gasteiger partial charge in [0.2, 0.25) is 11.8 Å². The highest BCUT2D eigenvalue weighted by Gasteiger charge is 2.46. The second-order valence-electron chi connectivity index (χ2n) is 14.0. The first-order valence-electron chi connectivity index (χ1n) is 17.5. The van der Waals surface area contributed by atoms with Crippen LogP contribution in [0.1, 0.15) is 64.3 Å². The molecule has 266 valence electrons. The number of aryl methyl sites for hydroxylation is 1. The van der Waals surface area contributed by atoms with Crippen molar-refractivity contribution in [1.82, 2.24) is 24.3 Å². The maximum atomic E-state index is 13.5. The topological polar surface area (TPSA) is 137 Å². The molecule has 1 spiro atoms. The Labute approximate surface area is 296 Å². The first-order valence-corrected chi connectivity index (χ1v) is 17.5. The number of fused-ring (bicyclic) bond motifs is 1. The maximum Gasteiger partial charge on any atom is 0.330 e. The van der Waals surface area contributed by atoms with Crippen LogP contribution in [-0.2, 0) is 29.5 Å². The molecule has 2 aromatic carbocycles. The Morgan fingerprint density at radius 1 is 1.02 bits per heavy atom. The van der Waals surface area contributed by atoms with Crippen molar-refractivity contribution in [2.45, 2.75) is 64.1 Å². The van der Waals surface area contributed by atoms with E-state index in [1.54, 1.807) is 13.2 Å². The molecule has 0 bridgehead atoms. The monoisotopic (exact) mass is 692 g/mol. The zero-order valence-corrected chi connectivity index (χ0v) is 29.8. The molecule has 0 saturated carbocycles. The third-order valence-corrected chi connectivity index (χ3v) is 11.0. The normalized spacial score (nSPS) is 19.8. The van der Waals surface area contributed by atoms with E-state index in [1.165, 1.54) is 30.5 Å². The molecule has 4 heterocycles.